The number of rotatable bonds is 15. The minimum atomic E-state index is -3.77. The fourth-order valence-corrected chi connectivity index (χ4v) is 15.2. The maximum absolute atomic E-state index is 12.8. The first-order chi connectivity index (χ1) is 28.5. The van der Waals surface area contributed by atoms with Crippen LogP contribution in [0.2, 0.25) is 10.1 Å². The van der Waals surface area contributed by atoms with Crippen molar-refractivity contribution in [3.8, 4) is 5.75 Å². The number of nitrogens with two attached hydrogens (primary N) is 1. The molecule has 3 aliphatic rings. The maximum atomic E-state index is 12.8. The molecular formula is C48H59ClN2O7SSi. The number of carboxylic acids is 1. The molecule has 0 radical (unpaired) electrons. The number of carbonyl (C=O) groups is 1. The molecule has 0 unspecified atom stereocenters. The molecule has 6 atom stereocenters. The van der Waals surface area contributed by atoms with Crippen molar-refractivity contribution in [2.75, 3.05) is 30.3 Å². The van der Waals surface area contributed by atoms with Crippen molar-refractivity contribution in [3.63, 3.8) is 0 Å². The molecule has 4 aromatic carbocycles. The van der Waals surface area contributed by atoms with Gasteiger partial charge in [-0.25, -0.2) is 18.4 Å². The van der Waals surface area contributed by atoms with E-state index in [-0.39, 0.29) is 40.4 Å². The molecule has 1 fully saturated rings. The van der Waals surface area contributed by atoms with E-state index in [1.807, 2.05) is 85.8 Å². The van der Waals surface area contributed by atoms with E-state index in [1.54, 1.807) is 18.2 Å². The predicted octanol–water partition coefficient (Wildman–Crippen LogP) is 7.31. The second-order valence-corrected chi connectivity index (χ2v) is 24.3. The Kier molecular flexibility index (Phi) is 13.1. The van der Waals surface area contributed by atoms with Gasteiger partial charge in [-0.3, -0.25) is 0 Å². The average Bonchev–Trinajstić information content (AvgIpc) is 3.35. The Morgan fingerprint density at radius 1 is 1.02 bits per heavy atom. The van der Waals surface area contributed by atoms with Gasteiger partial charge in [0.1, 0.15) is 5.75 Å². The first-order valence-electron chi connectivity index (χ1n) is 21.2. The predicted molar refractivity (Wildman–Crippen MR) is 243 cm³/mol. The largest absolute Gasteiger partial charge is 0.490 e. The van der Waals surface area contributed by atoms with Crippen LogP contribution in [0.3, 0.4) is 0 Å². The monoisotopic (exact) mass is 870 g/mol. The SMILES string of the molecule is C[C@H](CS(N)(=O)=O)[C@H](/C=C/[C@H](O)[C@@H]1CC[C@H]1CN1C[C@@]2(CCCc3cc(Cl)ccc32)COc2ccc(C(=O)O)cc21)CCC(C)(C)[Si](O)(c1ccccc1)c1ccccc1. The van der Waals surface area contributed by atoms with Crippen molar-refractivity contribution < 1.29 is 33.0 Å². The lowest BCUT2D eigenvalue weighted by atomic mass is 9.68. The van der Waals surface area contributed by atoms with Crippen molar-refractivity contribution >= 4 is 52.0 Å². The molecule has 12 heteroatoms. The molecule has 1 spiro atoms. The Hall–Kier alpha value is -3.97. The highest BCUT2D eigenvalue weighted by atomic mass is 35.5. The fraction of sp³-hybridized carbons (Fsp3) is 0.438. The van der Waals surface area contributed by atoms with Crippen LogP contribution in [-0.4, -0.2) is 69.3 Å². The van der Waals surface area contributed by atoms with Gasteiger partial charge < -0.3 is 24.6 Å². The number of primary sulfonamides is 1. The van der Waals surface area contributed by atoms with Crippen LogP contribution >= 0.6 is 11.6 Å². The number of aliphatic hydroxyl groups is 1. The first kappa shape index (κ1) is 44.1. The van der Waals surface area contributed by atoms with E-state index in [4.69, 9.17) is 21.5 Å². The minimum absolute atomic E-state index is 0.0516. The number of nitrogens with zero attached hydrogens (tertiary/aromatic N) is 1. The number of anilines is 1. The van der Waals surface area contributed by atoms with Crippen LogP contribution in [0.15, 0.2) is 109 Å². The molecule has 1 saturated carbocycles. The Morgan fingerprint density at radius 3 is 2.32 bits per heavy atom. The van der Waals surface area contributed by atoms with Gasteiger partial charge >= 0.3 is 5.97 Å². The van der Waals surface area contributed by atoms with Crippen LogP contribution in [0.25, 0.3) is 0 Å². The number of allylic oxidation sites excluding steroid dienone is 1. The fourth-order valence-electron chi connectivity index (χ4n) is 10.3. The quantitative estimate of drug-likeness (QED) is 0.0718. The van der Waals surface area contributed by atoms with Gasteiger partial charge in [-0.05, 0) is 125 Å². The van der Waals surface area contributed by atoms with Crippen molar-refractivity contribution in [3.05, 3.63) is 131 Å². The molecule has 5 N–H and O–H groups in total. The van der Waals surface area contributed by atoms with Crippen molar-refractivity contribution in [1.82, 2.24) is 0 Å². The molecule has 1 heterocycles. The minimum Gasteiger partial charge on any atom is -0.490 e. The summed E-state index contributed by atoms with van der Waals surface area (Å²) in [5, 5.41) is 29.4. The highest BCUT2D eigenvalue weighted by molar-refractivity contribution is 7.89. The highest BCUT2D eigenvalue weighted by Gasteiger charge is 2.50. The Bertz CT molecular complexity index is 2250. The number of sulfonamides is 1. The molecule has 1 aliphatic heterocycles. The third-order valence-corrected chi connectivity index (χ3v) is 19.7. The molecule has 0 amide bonds. The number of halogens is 1. The maximum Gasteiger partial charge on any atom is 0.335 e. The lowest BCUT2D eigenvalue weighted by Crippen LogP contribution is -2.65. The number of ether oxygens (including phenoxy) is 1. The second-order valence-electron chi connectivity index (χ2n) is 18.3. The summed E-state index contributed by atoms with van der Waals surface area (Å²) in [7, 11) is -7.09. The molecule has 9 nitrogen and oxygen atoms in total. The van der Waals surface area contributed by atoms with E-state index in [9.17, 15) is 28.2 Å². The summed E-state index contributed by atoms with van der Waals surface area (Å²) in [6, 6.07) is 30.9. The molecule has 320 valence electrons. The van der Waals surface area contributed by atoms with Crippen molar-refractivity contribution in [2.24, 2.45) is 28.8 Å². The van der Waals surface area contributed by atoms with Gasteiger partial charge in [0, 0.05) is 23.5 Å². The Labute approximate surface area is 361 Å². The zero-order valence-corrected chi connectivity index (χ0v) is 37.4. The molecule has 0 bridgehead atoms. The van der Waals surface area contributed by atoms with E-state index in [2.05, 4.69) is 30.9 Å². The van der Waals surface area contributed by atoms with Crippen molar-refractivity contribution in [1.29, 1.82) is 0 Å². The van der Waals surface area contributed by atoms with Gasteiger partial charge in [-0.1, -0.05) is 111 Å². The molecule has 0 aromatic heterocycles. The lowest BCUT2D eigenvalue weighted by molar-refractivity contribution is 0.0453. The van der Waals surface area contributed by atoms with Crippen molar-refractivity contribution in [2.45, 2.75) is 82.3 Å². The van der Waals surface area contributed by atoms with Gasteiger partial charge in [0.25, 0.3) is 8.32 Å². The summed E-state index contributed by atoms with van der Waals surface area (Å²) in [6.07, 6.45) is 8.81. The van der Waals surface area contributed by atoms with E-state index < -0.39 is 35.5 Å². The standard InChI is InChI=1S/C48H59ClN2O7SSi/c1-33(30-59(50,55)56)34(24-26-47(2,3)60(57,39-12-6-4-7-13-39)40-14-8-5-9-15-40)17-22-44(52)41-20-16-37(41)29-51-31-48(25-10-11-35-27-38(49)19-21-42(35)48)32-58-45-23-18-36(46(53)54)28-43(45)51/h4-9,12-15,17-19,21-23,27-28,33-34,37,41,44,52,57H,10-11,16,20,24-26,29-32H2,1-3H3,(H,53,54)(H2,50,55,56)/b22-17+/t33-,34-,37+,41-,44+,48+/m1/s1. The summed E-state index contributed by atoms with van der Waals surface area (Å²) in [6.45, 7) is 7.81. The second kappa shape index (κ2) is 17.8. The highest BCUT2D eigenvalue weighted by Crippen LogP contribution is 2.47. The summed E-state index contributed by atoms with van der Waals surface area (Å²) < 4.78 is 31.3. The molecule has 2 aliphatic carbocycles. The van der Waals surface area contributed by atoms with E-state index in [1.165, 1.54) is 11.1 Å². The number of aryl methyl sites for hydroxylation is 1. The third-order valence-electron chi connectivity index (χ3n) is 13.9. The number of hydrogen-bond acceptors (Lipinski definition) is 7. The van der Waals surface area contributed by atoms with E-state index in [0.717, 1.165) is 48.2 Å². The third kappa shape index (κ3) is 9.27. The molecule has 60 heavy (non-hydrogen) atoms. The average molecular weight is 872 g/mol. The summed E-state index contributed by atoms with van der Waals surface area (Å²) in [4.78, 5) is 27.3. The Morgan fingerprint density at radius 2 is 1.70 bits per heavy atom. The first-order valence-corrected chi connectivity index (χ1v) is 25.3. The smallest absolute Gasteiger partial charge is 0.335 e. The molecule has 7 rings (SSSR count). The number of aromatic carboxylic acids is 1. The molecule has 4 aromatic rings. The number of hydrogen-bond donors (Lipinski definition) is 4. The van der Waals surface area contributed by atoms with Crippen LogP contribution in [0.5, 0.6) is 5.75 Å². The van der Waals surface area contributed by atoms with Crippen LogP contribution < -0.4 is 25.1 Å². The zero-order valence-electron chi connectivity index (χ0n) is 34.8. The topological polar surface area (TPSA) is 150 Å². The summed E-state index contributed by atoms with van der Waals surface area (Å²) in [5.41, 5.74) is 3.06. The van der Waals surface area contributed by atoms with E-state index >= 15 is 0 Å². The summed E-state index contributed by atoms with van der Waals surface area (Å²) >= 11 is 6.45. The van der Waals surface area contributed by atoms with Gasteiger partial charge in [0.15, 0.2) is 0 Å². The van der Waals surface area contributed by atoms with Crippen LogP contribution in [0.1, 0.15) is 80.8 Å². The van der Waals surface area contributed by atoms with Gasteiger partial charge in [0.05, 0.1) is 29.7 Å². The van der Waals surface area contributed by atoms with Crippen LogP contribution in [0.4, 0.5) is 5.69 Å². The van der Waals surface area contributed by atoms with Gasteiger partial charge in [0.2, 0.25) is 10.0 Å². The van der Waals surface area contributed by atoms with Gasteiger partial charge in [-0.15, -0.1) is 0 Å². The lowest BCUT2D eigenvalue weighted by Gasteiger charge is -2.45. The van der Waals surface area contributed by atoms with E-state index in [0.29, 0.717) is 43.3 Å². The molecular weight excluding hydrogens is 812 g/mol. The van der Waals surface area contributed by atoms with Crippen LogP contribution in [0, 0.1) is 23.7 Å². The molecule has 0 saturated heterocycles. The van der Waals surface area contributed by atoms with Crippen LogP contribution in [-0.2, 0) is 21.9 Å². The number of fused-ring (bicyclic) bond motifs is 3. The summed E-state index contributed by atoms with van der Waals surface area (Å²) in [5.74, 6) is -1.05. The normalized spacial score (nSPS) is 22.2. The number of benzene rings is 4. The van der Waals surface area contributed by atoms with Gasteiger partial charge in [-0.2, -0.15) is 0 Å². The Balaban J connectivity index is 1.13. The number of carboxylic acid groups (broad SMARTS) is 1. The number of aliphatic hydroxyl groups excluding tert-OH is 1. The zero-order chi connectivity index (χ0) is 42.9.